The first-order valence-electron chi connectivity index (χ1n) is 8.62. The molecule has 0 atom stereocenters. The lowest BCUT2D eigenvalue weighted by Crippen LogP contribution is -2.44. The van der Waals surface area contributed by atoms with Gasteiger partial charge in [0.1, 0.15) is 11.5 Å². The highest BCUT2D eigenvalue weighted by molar-refractivity contribution is 5.89. The first-order chi connectivity index (χ1) is 13.5. The molecule has 148 valence electrons. The molecule has 28 heavy (non-hydrogen) atoms. The number of nitrogens with one attached hydrogen (secondary N) is 2. The molecule has 0 saturated carbocycles. The molecule has 0 aliphatic heterocycles. The van der Waals surface area contributed by atoms with Gasteiger partial charge in [-0.3, -0.25) is 20.4 Å². The molecule has 0 spiro atoms. The molecule has 8 heteroatoms. The molecule has 8 nitrogen and oxygen atoms in total. The van der Waals surface area contributed by atoms with E-state index in [-0.39, 0.29) is 18.9 Å². The van der Waals surface area contributed by atoms with E-state index in [1.54, 1.807) is 62.6 Å². The second-order valence-electron chi connectivity index (χ2n) is 5.65. The Balaban J connectivity index is 1.71. The van der Waals surface area contributed by atoms with Crippen LogP contribution in [0.15, 0.2) is 48.5 Å². The standard InChI is InChI=1S/C20H22N2O6/c1-3-27-20(25)15-6-10-17(11-7-15)28-13-19(24)22-21-18(23)12-14-4-8-16(26-2)9-5-14/h4-11H,3,12-13H2,1-2H3,(H,21,23)(H,22,24). The number of benzene rings is 2. The molecule has 2 aromatic carbocycles. The van der Waals surface area contributed by atoms with Gasteiger partial charge in [0.15, 0.2) is 6.61 Å². The highest BCUT2D eigenvalue weighted by atomic mass is 16.5. The average molecular weight is 386 g/mol. The summed E-state index contributed by atoms with van der Waals surface area (Å²) in [5.41, 5.74) is 5.78. The van der Waals surface area contributed by atoms with Crippen molar-refractivity contribution in [2.45, 2.75) is 13.3 Å². The van der Waals surface area contributed by atoms with Crippen molar-refractivity contribution in [2.75, 3.05) is 20.3 Å². The molecule has 0 bridgehead atoms. The Morgan fingerprint density at radius 3 is 2.07 bits per heavy atom. The van der Waals surface area contributed by atoms with Crippen molar-refractivity contribution >= 4 is 17.8 Å². The molecule has 0 aromatic heterocycles. The van der Waals surface area contributed by atoms with Crippen LogP contribution in [0.25, 0.3) is 0 Å². The number of hydrogen-bond donors (Lipinski definition) is 2. The monoisotopic (exact) mass is 386 g/mol. The van der Waals surface area contributed by atoms with Crippen molar-refractivity contribution in [1.29, 1.82) is 0 Å². The highest BCUT2D eigenvalue weighted by Gasteiger charge is 2.09. The van der Waals surface area contributed by atoms with Gasteiger partial charge in [-0.15, -0.1) is 0 Å². The van der Waals surface area contributed by atoms with Gasteiger partial charge in [0.05, 0.1) is 25.7 Å². The van der Waals surface area contributed by atoms with Gasteiger partial charge in [0.25, 0.3) is 5.91 Å². The third-order valence-corrected chi connectivity index (χ3v) is 3.60. The van der Waals surface area contributed by atoms with Crippen LogP contribution in [-0.4, -0.2) is 38.1 Å². The maximum atomic E-state index is 11.9. The van der Waals surface area contributed by atoms with E-state index in [4.69, 9.17) is 14.2 Å². The molecule has 2 N–H and O–H groups in total. The van der Waals surface area contributed by atoms with Gasteiger partial charge in [-0.05, 0) is 48.9 Å². The Kier molecular flexibility index (Phi) is 7.83. The van der Waals surface area contributed by atoms with Gasteiger partial charge < -0.3 is 14.2 Å². The summed E-state index contributed by atoms with van der Waals surface area (Å²) in [6.45, 7) is 1.73. The molecule has 2 amide bonds. The summed E-state index contributed by atoms with van der Waals surface area (Å²) in [7, 11) is 1.56. The normalized spacial score (nSPS) is 9.93. The van der Waals surface area contributed by atoms with Crippen LogP contribution in [0.1, 0.15) is 22.8 Å². The number of carbonyl (C=O) groups excluding carboxylic acids is 3. The molecule has 0 radical (unpaired) electrons. The molecular weight excluding hydrogens is 364 g/mol. The second kappa shape index (κ2) is 10.6. The van der Waals surface area contributed by atoms with Crippen molar-refractivity contribution < 1.29 is 28.6 Å². The molecule has 0 aliphatic rings. The summed E-state index contributed by atoms with van der Waals surface area (Å²) in [6.07, 6.45) is 0.112. The van der Waals surface area contributed by atoms with Crippen LogP contribution < -0.4 is 20.3 Å². The third-order valence-electron chi connectivity index (χ3n) is 3.60. The fourth-order valence-electron chi connectivity index (χ4n) is 2.20. The lowest BCUT2D eigenvalue weighted by Gasteiger charge is -2.09. The van der Waals surface area contributed by atoms with Crippen molar-refractivity contribution in [3.63, 3.8) is 0 Å². The molecule has 0 fully saturated rings. The van der Waals surface area contributed by atoms with Gasteiger partial charge in [-0.2, -0.15) is 0 Å². The van der Waals surface area contributed by atoms with Crippen LogP contribution in [0, 0.1) is 0 Å². The van der Waals surface area contributed by atoms with Crippen molar-refractivity contribution in [1.82, 2.24) is 10.9 Å². The first-order valence-corrected chi connectivity index (χ1v) is 8.62. The van der Waals surface area contributed by atoms with E-state index >= 15 is 0 Å². The highest BCUT2D eigenvalue weighted by Crippen LogP contribution is 2.13. The summed E-state index contributed by atoms with van der Waals surface area (Å²) in [4.78, 5) is 35.2. The largest absolute Gasteiger partial charge is 0.497 e. The van der Waals surface area contributed by atoms with Gasteiger partial charge in [0, 0.05) is 0 Å². The molecule has 2 aromatic rings. The Hall–Kier alpha value is -3.55. The van der Waals surface area contributed by atoms with Gasteiger partial charge in [0.2, 0.25) is 5.91 Å². The van der Waals surface area contributed by atoms with E-state index in [9.17, 15) is 14.4 Å². The molecule has 2 rings (SSSR count). The zero-order valence-electron chi connectivity index (χ0n) is 15.7. The minimum Gasteiger partial charge on any atom is -0.497 e. The molecule has 0 saturated heterocycles. The maximum Gasteiger partial charge on any atom is 0.338 e. The minimum absolute atomic E-state index is 0.112. The average Bonchev–Trinajstić information content (AvgIpc) is 2.72. The van der Waals surface area contributed by atoms with E-state index in [0.717, 1.165) is 5.56 Å². The second-order valence-corrected chi connectivity index (χ2v) is 5.65. The zero-order chi connectivity index (χ0) is 20.4. The number of methoxy groups -OCH3 is 1. The van der Waals surface area contributed by atoms with Gasteiger partial charge in [-0.1, -0.05) is 12.1 Å². The van der Waals surface area contributed by atoms with E-state index in [0.29, 0.717) is 23.7 Å². The van der Waals surface area contributed by atoms with Crippen LogP contribution in [0.5, 0.6) is 11.5 Å². The Bertz CT molecular complexity index is 802. The summed E-state index contributed by atoms with van der Waals surface area (Å²) < 4.78 is 15.2. The number of hydrogen-bond acceptors (Lipinski definition) is 6. The predicted molar refractivity (Wildman–Crippen MR) is 101 cm³/mol. The fourth-order valence-corrected chi connectivity index (χ4v) is 2.20. The number of carbonyl (C=O) groups is 3. The summed E-state index contributed by atoms with van der Waals surface area (Å²) in [5, 5.41) is 0. The number of hydrazine groups is 1. The van der Waals surface area contributed by atoms with Crippen LogP contribution in [-0.2, 0) is 20.7 Å². The van der Waals surface area contributed by atoms with Crippen molar-refractivity contribution in [3.8, 4) is 11.5 Å². The Labute approximate surface area is 162 Å². The first kappa shape index (κ1) is 20.8. The maximum absolute atomic E-state index is 11.9. The Morgan fingerprint density at radius 1 is 0.857 bits per heavy atom. The SMILES string of the molecule is CCOC(=O)c1ccc(OCC(=O)NNC(=O)Cc2ccc(OC)cc2)cc1. The minimum atomic E-state index is -0.516. The van der Waals surface area contributed by atoms with E-state index < -0.39 is 11.9 Å². The number of rotatable bonds is 8. The van der Waals surface area contributed by atoms with Gasteiger partial charge in [-0.25, -0.2) is 4.79 Å². The lowest BCUT2D eigenvalue weighted by atomic mass is 10.1. The molecule has 0 unspecified atom stereocenters. The van der Waals surface area contributed by atoms with Gasteiger partial charge >= 0.3 is 5.97 Å². The number of amides is 2. The lowest BCUT2D eigenvalue weighted by molar-refractivity contribution is -0.129. The van der Waals surface area contributed by atoms with Crippen LogP contribution in [0.2, 0.25) is 0 Å². The summed E-state index contributed by atoms with van der Waals surface area (Å²) in [5.74, 6) is -0.195. The van der Waals surface area contributed by atoms with E-state index in [1.165, 1.54) is 0 Å². The zero-order valence-corrected chi connectivity index (χ0v) is 15.7. The van der Waals surface area contributed by atoms with Crippen LogP contribution >= 0.6 is 0 Å². The quantitative estimate of drug-likeness (QED) is 0.528. The van der Waals surface area contributed by atoms with Crippen LogP contribution in [0.4, 0.5) is 0 Å². The van der Waals surface area contributed by atoms with E-state index in [1.807, 2.05) is 0 Å². The fraction of sp³-hybridized carbons (Fsp3) is 0.250. The summed E-state index contributed by atoms with van der Waals surface area (Å²) in [6, 6.07) is 13.2. The van der Waals surface area contributed by atoms with Crippen molar-refractivity contribution in [3.05, 3.63) is 59.7 Å². The smallest absolute Gasteiger partial charge is 0.338 e. The van der Waals surface area contributed by atoms with Crippen LogP contribution in [0.3, 0.4) is 0 Å². The van der Waals surface area contributed by atoms with Crippen molar-refractivity contribution in [2.24, 2.45) is 0 Å². The Morgan fingerprint density at radius 2 is 1.46 bits per heavy atom. The number of ether oxygens (including phenoxy) is 3. The molecule has 0 heterocycles. The predicted octanol–water partition coefficient (Wildman–Crippen LogP) is 1.64. The summed E-state index contributed by atoms with van der Waals surface area (Å²) >= 11 is 0. The molecular formula is C20H22N2O6. The third kappa shape index (κ3) is 6.64. The number of esters is 1. The topological polar surface area (TPSA) is 103 Å². The van der Waals surface area contributed by atoms with E-state index in [2.05, 4.69) is 10.9 Å². The molecule has 0 aliphatic carbocycles.